The van der Waals surface area contributed by atoms with Gasteiger partial charge in [-0.25, -0.2) is 4.39 Å². The van der Waals surface area contributed by atoms with Gasteiger partial charge in [0.25, 0.3) is 0 Å². The van der Waals surface area contributed by atoms with Gasteiger partial charge in [0.15, 0.2) is 0 Å². The lowest BCUT2D eigenvalue weighted by molar-refractivity contribution is 0.0914. The molecule has 0 spiro atoms. The molecule has 8 heteroatoms. The van der Waals surface area contributed by atoms with Crippen molar-refractivity contribution in [1.29, 1.82) is 0 Å². The van der Waals surface area contributed by atoms with E-state index in [2.05, 4.69) is 15.5 Å². The highest BCUT2D eigenvalue weighted by Gasteiger charge is 2.16. The zero-order valence-corrected chi connectivity index (χ0v) is 14.6. The highest BCUT2D eigenvalue weighted by Crippen LogP contribution is 2.20. The molecule has 1 heterocycles. The summed E-state index contributed by atoms with van der Waals surface area (Å²) >= 11 is 5.97. The average Bonchev–Trinajstić information content (AvgIpc) is 3.11. The molecule has 0 atom stereocenters. The van der Waals surface area contributed by atoms with Crippen LogP contribution in [0.3, 0.4) is 0 Å². The summed E-state index contributed by atoms with van der Waals surface area (Å²) in [6.07, 6.45) is 0.204. The molecule has 0 fully saturated rings. The predicted molar refractivity (Wildman–Crippen MR) is 92.7 cm³/mol. The minimum Gasteiger partial charge on any atom is -0.497 e. The van der Waals surface area contributed by atoms with Crippen LogP contribution in [0.15, 0.2) is 46.9 Å². The number of benzene rings is 2. The Kier molecular flexibility index (Phi) is 5.48. The normalized spacial score (nSPS) is 10.6. The summed E-state index contributed by atoms with van der Waals surface area (Å²) in [7, 11) is 1.57. The molecular weight excluding hydrogens is 361 g/mol. The zero-order valence-electron chi connectivity index (χ0n) is 13.8. The maximum Gasteiger partial charge on any atom is 0.309 e. The van der Waals surface area contributed by atoms with Gasteiger partial charge in [0.1, 0.15) is 11.6 Å². The van der Waals surface area contributed by atoms with Crippen LogP contribution in [0.4, 0.5) is 4.39 Å². The molecule has 0 unspecified atom stereocenters. The molecule has 1 aromatic heterocycles. The Morgan fingerprint density at radius 3 is 2.88 bits per heavy atom. The summed E-state index contributed by atoms with van der Waals surface area (Å²) in [6.45, 7) is 0.289. The van der Waals surface area contributed by atoms with E-state index < -0.39 is 11.7 Å². The Balaban J connectivity index is 1.62. The van der Waals surface area contributed by atoms with E-state index in [1.165, 1.54) is 18.2 Å². The molecule has 26 heavy (non-hydrogen) atoms. The van der Waals surface area contributed by atoms with Crippen LogP contribution in [0.2, 0.25) is 5.02 Å². The molecule has 0 saturated carbocycles. The number of methoxy groups -OCH3 is 1. The average molecular weight is 376 g/mol. The number of carbonyl (C=O) groups excluding carboxylic acids is 1. The van der Waals surface area contributed by atoms with Crippen LogP contribution in [-0.2, 0) is 13.0 Å². The summed E-state index contributed by atoms with van der Waals surface area (Å²) in [6, 6.07) is 11.3. The van der Waals surface area contributed by atoms with E-state index in [4.69, 9.17) is 20.8 Å². The first-order valence-corrected chi connectivity index (χ1v) is 8.10. The van der Waals surface area contributed by atoms with Crippen molar-refractivity contribution in [2.24, 2.45) is 0 Å². The second-order valence-electron chi connectivity index (χ2n) is 5.45. The van der Waals surface area contributed by atoms with E-state index in [0.29, 0.717) is 11.3 Å². The lowest BCUT2D eigenvalue weighted by atomic mass is 10.1. The lowest BCUT2D eigenvalue weighted by Crippen LogP contribution is -2.23. The van der Waals surface area contributed by atoms with Crippen molar-refractivity contribution in [3.05, 3.63) is 76.2 Å². The zero-order chi connectivity index (χ0) is 18.5. The first-order chi connectivity index (χ1) is 12.5. The largest absolute Gasteiger partial charge is 0.497 e. The molecule has 1 amide bonds. The molecule has 2 aromatic carbocycles. The third-order valence-corrected chi connectivity index (χ3v) is 3.96. The molecule has 0 bridgehead atoms. The fourth-order valence-corrected chi connectivity index (χ4v) is 2.52. The molecule has 3 rings (SSSR count). The van der Waals surface area contributed by atoms with Gasteiger partial charge in [-0.3, -0.25) is 4.79 Å². The van der Waals surface area contributed by atoms with E-state index in [1.54, 1.807) is 7.11 Å². The van der Waals surface area contributed by atoms with Gasteiger partial charge in [-0.05, 0) is 35.4 Å². The third kappa shape index (κ3) is 4.37. The van der Waals surface area contributed by atoms with Crippen LogP contribution in [0.25, 0.3) is 0 Å². The summed E-state index contributed by atoms with van der Waals surface area (Å²) in [4.78, 5) is 12.1. The van der Waals surface area contributed by atoms with E-state index in [9.17, 15) is 9.18 Å². The Morgan fingerprint density at radius 1 is 1.27 bits per heavy atom. The number of halogens is 2. The van der Waals surface area contributed by atoms with E-state index in [0.717, 1.165) is 5.56 Å². The van der Waals surface area contributed by atoms with Crippen molar-refractivity contribution < 1.29 is 18.3 Å². The van der Waals surface area contributed by atoms with Crippen LogP contribution in [0.5, 0.6) is 5.75 Å². The van der Waals surface area contributed by atoms with Crippen molar-refractivity contribution in [3.8, 4) is 5.75 Å². The number of carbonyl (C=O) groups is 1. The first-order valence-electron chi connectivity index (χ1n) is 7.72. The molecule has 0 aliphatic rings. The standard InChI is InChI=1S/C18H15ClFN3O3/c1-25-14-4-2-3-11(7-14)10-21-17(24)18-23-22-16(26-18)8-12-5-6-13(20)9-15(12)19/h2-7,9H,8,10H2,1H3,(H,21,24). The molecule has 0 saturated heterocycles. The number of aromatic nitrogens is 2. The number of hydrogen-bond donors (Lipinski definition) is 1. The maximum atomic E-state index is 13.1. The summed E-state index contributed by atoms with van der Waals surface area (Å²) in [5.41, 5.74) is 1.50. The first kappa shape index (κ1) is 17.9. The highest BCUT2D eigenvalue weighted by molar-refractivity contribution is 6.31. The third-order valence-electron chi connectivity index (χ3n) is 3.61. The minimum atomic E-state index is -0.489. The van der Waals surface area contributed by atoms with Gasteiger partial charge in [-0.2, -0.15) is 0 Å². The number of nitrogens with zero attached hydrogens (tertiary/aromatic N) is 2. The van der Waals surface area contributed by atoms with Crippen molar-refractivity contribution in [3.63, 3.8) is 0 Å². The highest BCUT2D eigenvalue weighted by atomic mass is 35.5. The molecule has 0 radical (unpaired) electrons. The molecule has 134 valence electrons. The maximum absolute atomic E-state index is 13.1. The van der Waals surface area contributed by atoms with Crippen molar-refractivity contribution in [2.45, 2.75) is 13.0 Å². The van der Waals surface area contributed by atoms with E-state index >= 15 is 0 Å². The number of ether oxygens (including phenoxy) is 1. The van der Waals surface area contributed by atoms with Crippen LogP contribution in [0.1, 0.15) is 27.7 Å². The number of hydrogen-bond acceptors (Lipinski definition) is 5. The number of amides is 1. The Morgan fingerprint density at radius 2 is 2.12 bits per heavy atom. The summed E-state index contributed by atoms with van der Waals surface area (Å²) in [5.74, 6) is -0.155. The van der Waals surface area contributed by atoms with Gasteiger partial charge < -0.3 is 14.5 Å². The minimum absolute atomic E-state index is 0.152. The second-order valence-corrected chi connectivity index (χ2v) is 5.85. The summed E-state index contributed by atoms with van der Waals surface area (Å²) in [5, 5.41) is 10.5. The van der Waals surface area contributed by atoms with Crippen molar-refractivity contribution >= 4 is 17.5 Å². The van der Waals surface area contributed by atoms with Gasteiger partial charge in [0.2, 0.25) is 5.89 Å². The monoisotopic (exact) mass is 375 g/mol. The van der Waals surface area contributed by atoms with E-state index in [1.807, 2.05) is 24.3 Å². The Bertz CT molecular complexity index is 930. The van der Waals surface area contributed by atoms with Gasteiger partial charge in [0, 0.05) is 11.6 Å². The van der Waals surface area contributed by atoms with Gasteiger partial charge in [-0.15, -0.1) is 10.2 Å². The SMILES string of the molecule is COc1cccc(CNC(=O)c2nnc(Cc3ccc(F)cc3Cl)o2)c1. The fraction of sp³-hybridized carbons (Fsp3) is 0.167. The van der Waals surface area contributed by atoms with Crippen LogP contribution in [0, 0.1) is 5.82 Å². The van der Waals surface area contributed by atoms with Gasteiger partial charge in [0.05, 0.1) is 13.5 Å². The molecule has 6 nitrogen and oxygen atoms in total. The second kappa shape index (κ2) is 7.97. The number of rotatable bonds is 6. The van der Waals surface area contributed by atoms with Gasteiger partial charge in [-0.1, -0.05) is 29.8 Å². The fourth-order valence-electron chi connectivity index (χ4n) is 2.29. The molecule has 1 N–H and O–H groups in total. The Labute approximate surface area is 154 Å². The molecule has 0 aliphatic heterocycles. The lowest BCUT2D eigenvalue weighted by Gasteiger charge is -2.05. The molecular formula is C18H15ClFN3O3. The van der Waals surface area contributed by atoms with Gasteiger partial charge >= 0.3 is 11.8 Å². The van der Waals surface area contributed by atoms with Crippen LogP contribution < -0.4 is 10.1 Å². The summed E-state index contributed by atoms with van der Waals surface area (Å²) < 4.78 is 23.6. The smallest absolute Gasteiger partial charge is 0.309 e. The Hall–Kier alpha value is -2.93. The molecule has 0 aliphatic carbocycles. The number of nitrogens with one attached hydrogen (secondary N) is 1. The molecule has 3 aromatic rings. The van der Waals surface area contributed by atoms with Crippen molar-refractivity contribution in [2.75, 3.05) is 7.11 Å². The van der Waals surface area contributed by atoms with Crippen LogP contribution in [-0.4, -0.2) is 23.2 Å². The van der Waals surface area contributed by atoms with Crippen molar-refractivity contribution in [1.82, 2.24) is 15.5 Å². The van der Waals surface area contributed by atoms with E-state index in [-0.39, 0.29) is 29.8 Å². The topological polar surface area (TPSA) is 77.2 Å². The van der Waals surface area contributed by atoms with Crippen LogP contribution >= 0.6 is 11.6 Å². The quantitative estimate of drug-likeness (QED) is 0.714. The predicted octanol–water partition coefficient (Wildman–Crippen LogP) is 3.39.